The molecule has 1 aliphatic heterocycles. The molecule has 2 atom stereocenters. The molecule has 20 heavy (non-hydrogen) atoms. The fourth-order valence-electron chi connectivity index (χ4n) is 4.05. The minimum absolute atomic E-state index is 0.291. The summed E-state index contributed by atoms with van der Waals surface area (Å²) in [7, 11) is 0. The highest BCUT2D eigenvalue weighted by atomic mass is 16.3. The van der Waals surface area contributed by atoms with Gasteiger partial charge in [0, 0.05) is 45.3 Å². The molecule has 2 unspecified atom stereocenters. The average Bonchev–Trinajstić information content (AvgIpc) is 2.69. The highest BCUT2D eigenvalue weighted by Gasteiger charge is 2.41. The van der Waals surface area contributed by atoms with Gasteiger partial charge in [0.2, 0.25) is 0 Å². The van der Waals surface area contributed by atoms with Gasteiger partial charge in [0.15, 0.2) is 0 Å². The van der Waals surface area contributed by atoms with Crippen LogP contribution in [0.25, 0.3) is 0 Å². The Hall–Kier alpha value is -0.160. The van der Waals surface area contributed by atoms with Crippen molar-refractivity contribution in [2.45, 2.75) is 39.7 Å². The van der Waals surface area contributed by atoms with E-state index in [0.29, 0.717) is 18.1 Å². The number of aliphatic hydroxyl groups excluding tert-OH is 1. The fraction of sp³-hybridized carbons (Fsp3) is 1.00. The summed E-state index contributed by atoms with van der Waals surface area (Å²) in [6.45, 7) is 15.1. The topological polar surface area (TPSA) is 38.7 Å². The number of nitrogens with one attached hydrogen (secondary N) is 1. The molecule has 0 aromatic carbocycles. The molecule has 4 nitrogen and oxygen atoms in total. The molecule has 1 saturated carbocycles. The molecular weight excluding hydrogens is 250 g/mol. The van der Waals surface area contributed by atoms with Crippen LogP contribution in [0.5, 0.6) is 0 Å². The van der Waals surface area contributed by atoms with E-state index in [1.807, 2.05) is 0 Å². The van der Waals surface area contributed by atoms with Gasteiger partial charge in [-0.25, -0.2) is 0 Å². The largest absolute Gasteiger partial charge is 0.395 e. The maximum absolute atomic E-state index is 9.00. The molecule has 0 bridgehead atoms. The summed E-state index contributed by atoms with van der Waals surface area (Å²) in [4.78, 5) is 5.00. The molecule has 2 rings (SSSR count). The van der Waals surface area contributed by atoms with E-state index in [2.05, 4.69) is 35.9 Å². The Morgan fingerprint density at radius 3 is 2.40 bits per heavy atom. The summed E-state index contributed by atoms with van der Waals surface area (Å²) in [5.74, 6) is 0.800. The van der Waals surface area contributed by atoms with Gasteiger partial charge in [0.25, 0.3) is 0 Å². The van der Waals surface area contributed by atoms with Crippen LogP contribution >= 0.6 is 0 Å². The van der Waals surface area contributed by atoms with Gasteiger partial charge in [-0.3, -0.25) is 4.90 Å². The zero-order valence-corrected chi connectivity index (χ0v) is 13.6. The van der Waals surface area contributed by atoms with Crippen LogP contribution < -0.4 is 5.32 Å². The summed E-state index contributed by atoms with van der Waals surface area (Å²) in [6.07, 6.45) is 2.71. The second-order valence-corrected chi connectivity index (χ2v) is 7.19. The molecule has 2 N–H and O–H groups in total. The molecule has 2 aliphatic rings. The van der Waals surface area contributed by atoms with Crippen molar-refractivity contribution in [2.24, 2.45) is 11.3 Å². The lowest BCUT2D eigenvalue weighted by molar-refractivity contribution is 0.0945. The highest BCUT2D eigenvalue weighted by Crippen LogP contribution is 2.41. The first-order chi connectivity index (χ1) is 9.56. The molecule has 1 saturated heterocycles. The van der Waals surface area contributed by atoms with Gasteiger partial charge >= 0.3 is 0 Å². The van der Waals surface area contributed by atoms with Gasteiger partial charge in [-0.05, 0) is 30.7 Å². The Labute approximate surface area is 124 Å². The van der Waals surface area contributed by atoms with Crippen LogP contribution in [-0.4, -0.2) is 73.4 Å². The minimum atomic E-state index is 0.291. The lowest BCUT2D eigenvalue weighted by Gasteiger charge is -2.38. The number of β-amino-alcohol motifs (C(OH)–C–C–N with tert-alkyl or cyclic N) is 1. The van der Waals surface area contributed by atoms with Crippen LogP contribution in [-0.2, 0) is 0 Å². The summed E-state index contributed by atoms with van der Waals surface area (Å²) in [5.41, 5.74) is 0.444. The lowest BCUT2D eigenvalue weighted by Crippen LogP contribution is -2.51. The predicted molar refractivity (Wildman–Crippen MR) is 83.9 cm³/mol. The smallest absolute Gasteiger partial charge is 0.0558 e. The van der Waals surface area contributed by atoms with Crippen molar-refractivity contribution in [3.05, 3.63) is 0 Å². The highest BCUT2D eigenvalue weighted by molar-refractivity contribution is 4.97. The standard InChI is InChI=1S/C16H33N3O/c1-4-17-15-14(5-6-16(15,2)3)13-19-9-7-18(8-10-19)11-12-20/h14-15,17,20H,4-13H2,1-3H3. The zero-order valence-electron chi connectivity index (χ0n) is 13.6. The van der Waals surface area contributed by atoms with E-state index in [4.69, 9.17) is 5.11 Å². The maximum atomic E-state index is 9.00. The number of rotatable bonds is 6. The number of piperazine rings is 1. The van der Waals surface area contributed by atoms with Crippen molar-refractivity contribution in [3.8, 4) is 0 Å². The summed E-state index contributed by atoms with van der Waals surface area (Å²) in [6, 6.07) is 0.669. The van der Waals surface area contributed by atoms with E-state index in [0.717, 1.165) is 45.2 Å². The first kappa shape index (κ1) is 16.2. The summed E-state index contributed by atoms with van der Waals surface area (Å²) >= 11 is 0. The van der Waals surface area contributed by atoms with Gasteiger partial charge in [-0.15, -0.1) is 0 Å². The van der Waals surface area contributed by atoms with E-state index < -0.39 is 0 Å². The Kier molecular flexibility index (Phi) is 5.84. The van der Waals surface area contributed by atoms with Crippen molar-refractivity contribution >= 4 is 0 Å². The van der Waals surface area contributed by atoms with Crippen molar-refractivity contribution in [3.63, 3.8) is 0 Å². The van der Waals surface area contributed by atoms with Crippen LogP contribution in [0.3, 0.4) is 0 Å². The molecule has 0 spiro atoms. The molecule has 2 fully saturated rings. The Bertz CT molecular complexity index is 287. The average molecular weight is 283 g/mol. The van der Waals surface area contributed by atoms with E-state index in [-0.39, 0.29) is 0 Å². The van der Waals surface area contributed by atoms with Crippen LogP contribution in [0.2, 0.25) is 0 Å². The SMILES string of the molecule is CCNC1C(CN2CCN(CCO)CC2)CCC1(C)C. The van der Waals surface area contributed by atoms with Gasteiger partial charge in [-0.2, -0.15) is 0 Å². The second-order valence-electron chi connectivity index (χ2n) is 7.19. The first-order valence-electron chi connectivity index (χ1n) is 8.35. The van der Waals surface area contributed by atoms with Crippen molar-refractivity contribution in [2.75, 3.05) is 52.4 Å². The van der Waals surface area contributed by atoms with E-state index in [1.165, 1.54) is 19.4 Å². The van der Waals surface area contributed by atoms with Gasteiger partial charge in [0.1, 0.15) is 0 Å². The van der Waals surface area contributed by atoms with Crippen LogP contribution in [0.1, 0.15) is 33.6 Å². The minimum Gasteiger partial charge on any atom is -0.395 e. The number of aliphatic hydroxyl groups is 1. The normalized spacial score (nSPS) is 31.8. The van der Waals surface area contributed by atoms with Crippen LogP contribution in [0.15, 0.2) is 0 Å². The monoisotopic (exact) mass is 283 g/mol. The van der Waals surface area contributed by atoms with Crippen LogP contribution in [0.4, 0.5) is 0 Å². The third kappa shape index (κ3) is 3.94. The molecule has 1 heterocycles. The zero-order chi connectivity index (χ0) is 14.6. The molecule has 4 heteroatoms. The molecule has 118 valence electrons. The fourth-order valence-corrected chi connectivity index (χ4v) is 4.05. The quantitative estimate of drug-likeness (QED) is 0.763. The molecule has 0 aromatic rings. The third-order valence-corrected chi connectivity index (χ3v) is 5.27. The summed E-state index contributed by atoms with van der Waals surface area (Å²) in [5, 5.41) is 12.7. The van der Waals surface area contributed by atoms with E-state index >= 15 is 0 Å². The van der Waals surface area contributed by atoms with E-state index in [1.54, 1.807) is 0 Å². The molecule has 0 radical (unpaired) electrons. The molecular formula is C16H33N3O. The third-order valence-electron chi connectivity index (χ3n) is 5.27. The van der Waals surface area contributed by atoms with Crippen molar-refractivity contribution < 1.29 is 5.11 Å². The molecule has 0 amide bonds. The Balaban J connectivity index is 1.81. The number of nitrogens with zero attached hydrogens (tertiary/aromatic N) is 2. The van der Waals surface area contributed by atoms with Crippen molar-refractivity contribution in [1.29, 1.82) is 0 Å². The first-order valence-corrected chi connectivity index (χ1v) is 8.35. The summed E-state index contributed by atoms with van der Waals surface area (Å²) < 4.78 is 0. The lowest BCUT2D eigenvalue weighted by atomic mass is 9.84. The van der Waals surface area contributed by atoms with Gasteiger partial charge in [-0.1, -0.05) is 20.8 Å². The van der Waals surface area contributed by atoms with E-state index in [9.17, 15) is 0 Å². The molecule has 0 aromatic heterocycles. The Morgan fingerprint density at radius 1 is 1.15 bits per heavy atom. The van der Waals surface area contributed by atoms with Crippen LogP contribution in [0, 0.1) is 11.3 Å². The van der Waals surface area contributed by atoms with Gasteiger partial charge in [0.05, 0.1) is 6.61 Å². The number of hydrogen-bond donors (Lipinski definition) is 2. The van der Waals surface area contributed by atoms with Crippen molar-refractivity contribution in [1.82, 2.24) is 15.1 Å². The predicted octanol–water partition coefficient (Wildman–Crippen LogP) is 1.01. The van der Waals surface area contributed by atoms with Gasteiger partial charge < -0.3 is 15.3 Å². The Morgan fingerprint density at radius 2 is 1.80 bits per heavy atom. The second kappa shape index (κ2) is 7.21. The maximum Gasteiger partial charge on any atom is 0.0558 e. The molecule has 1 aliphatic carbocycles. The number of hydrogen-bond acceptors (Lipinski definition) is 4.